The summed E-state index contributed by atoms with van der Waals surface area (Å²) in [5.41, 5.74) is 5.89. The van der Waals surface area contributed by atoms with Crippen molar-refractivity contribution in [2.45, 2.75) is 69.1 Å². The van der Waals surface area contributed by atoms with Crippen LogP contribution in [0.1, 0.15) is 64.5 Å². The van der Waals surface area contributed by atoms with Crippen LogP contribution in [0.3, 0.4) is 0 Å². The molecule has 0 radical (unpaired) electrons. The SMILES string of the molecule is COCCN1/C(=C/C=C/C2=[N+](CCCCCC(=O)O)c3ccccc3C2(C)C)C(C)(C)c2cc(S(=O)(=O)OC)ccc21. The second-order valence-corrected chi connectivity index (χ2v) is 13.6. The number of rotatable bonds is 13. The van der Waals surface area contributed by atoms with E-state index in [0.29, 0.717) is 19.6 Å². The Bertz CT molecular complexity index is 1540. The summed E-state index contributed by atoms with van der Waals surface area (Å²) in [6.45, 7) is 10.6. The Labute approximate surface area is 250 Å². The van der Waals surface area contributed by atoms with Gasteiger partial charge in [0.25, 0.3) is 10.1 Å². The number of nitrogens with zero attached hydrogens (tertiary/aromatic N) is 2. The van der Waals surface area contributed by atoms with Gasteiger partial charge in [0.05, 0.1) is 24.0 Å². The second-order valence-electron chi connectivity index (χ2n) is 11.9. The first-order valence-corrected chi connectivity index (χ1v) is 15.8. The van der Waals surface area contributed by atoms with Crippen molar-refractivity contribution in [3.8, 4) is 0 Å². The van der Waals surface area contributed by atoms with Crippen LogP contribution in [0.5, 0.6) is 0 Å². The molecule has 2 heterocycles. The number of ether oxygens (including phenoxy) is 1. The molecule has 0 atom stereocenters. The number of benzene rings is 2. The summed E-state index contributed by atoms with van der Waals surface area (Å²) >= 11 is 0. The first-order chi connectivity index (χ1) is 19.9. The molecule has 2 aliphatic heterocycles. The Morgan fingerprint density at radius 3 is 2.43 bits per heavy atom. The Hall–Kier alpha value is -3.27. The van der Waals surface area contributed by atoms with Crippen molar-refractivity contribution in [2.24, 2.45) is 0 Å². The zero-order valence-electron chi connectivity index (χ0n) is 25.5. The maximum Gasteiger partial charge on any atom is 0.303 e. The average molecular weight is 596 g/mol. The molecule has 2 aromatic carbocycles. The zero-order chi connectivity index (χ0) is 30.7. The molecule has 0 bridgehead atoms. The van der Waals surface area contributed by atoms with Gasteiger partial charge in [0.1, 0.15) is 6.54 Å². The number of aliphatic carboxylic acids is 1. The highest BCUT2D eigenvalue weighted by molar-refractivity contribution is 7.86. The minimum atomic E-state index is -3.83. The lowest BCUT2D eigenvalue weighted by molar-refractivity contribution is -0.438. The van der Waals surface area contributed by atoms with Gasteiger partial charge in [-0.1, -0.05) is 38.1 Å². The van der Waals surface area contributed by atoms with E-state index in [-0.39, 0.29) is 16.7 Å². The van der Waals surface area contributed by atoms with Crippen LogP contribution in [-0.4, -0.2) is 63.7 Å². The molecule has 42 heavy (non-hydrogen) atoms. The first-order valence-electron chi connectivity index (χ1n) is 14.4. The fourth-order valence-electron chi connectivity index (χ4n) is 6.16. The van der Waals surface area contributed by atoms with E-state index >= 15 is 0 Å². The molecule has 226 valence electrons. The van der Waals surface area contributed by atoms with Gasteiger partial charge >= 0.3 is 5.97 Å². The van der Waals surface area contributed by atoms with Crippen molar-refractivity contribution in [3.63, 3.8) is 0 Å². The lowest BCUT2D eigenvalue weighted by Gasteiger charge is -2.26. The van der Waals surface area contributed by atoms with Crippen LogP contribution in [0, 0.1) is 0 Å². The third kappa shape index (κ3) is 6.09. The van der Waals surface area contributed by atoms with Crippen molar-refractivity contribution in [1.82, 2.24) is 0 Å². The summed E-state index contributed by atoms with van der Waals surface area (Å²) < 4.78 is 37.5. The number of carbonyl (C=O) groups is 1. The molecule has 0 amide bonds. The summed E-state index contributed by atoms with van der Waals surface area (Å²) in [5.74, 6) is -0.751. The predicted molar refractivity (Wildman–Crippen MR) is 165 cm³/mol. The van der Waals surface area contributed by atoms with Crippen molar-refractivity contribution in [1.29, 1.82) is 0 Å². The zero-order valence-corrected chi connectivity index (χ0v) is 26.3. The Morgan fingerprint density at radius 1 is 1.00 bits per heavy atom. The van der Waals surface area contributed by atoms with Crippen molar-refractivity contribution in [2.75, 3.05) is 38.8 Å². The molecule has 0 aromatic heterocycles. The molecular weight excluding hydrogens is 552 g/mol. The number of hydrogen-bond donors (Lipinski definition) is 1. The topological polar surface area (TPSA) is 96.1 Å². The van der Waals surface area contributed by atoms with E-state index in [2.05, 4.69) is 79.7 Å². The predicted octanol–water partition coefficient (Wildman–Crippen LogP) is 5.93. The lowest BCUT2D eigenvalue weighted by Crippen LogP contribution is -2.29. The average Bonchev–Trinajstić information content (AvgIpc) is 3.30. The smallest absolute Gasteiger partial charge is 0.303 e. The van der Waals surface area contributed by atoms with Crippen molar-refractivity contribution >= 4 is 33.2 Å². The van der Waals surface area contributed by atoms with Crippen LogP contribution in [0.25, 0.3) is 0 Å². The van der Waals surface area contributed by atoms with Crippen LogP contribution in [0.4, 0.5) is 11.4 Å². The number of allylic oxidation sites excluding steroid dienone is 4. The summed E-state index contributed by atoms with van der Waals surface area (Å²) in [6.07, 6.45) is 9.02. The number of anilines is 1. The first kappa shape index (κ1) is 31.7. The van der Waals surface area contributed by atoms with E-state index in [9.17, 15) is 13.2 Å². The highest BCUT2D eigenvalue weighted by atomic mass is 32.2. The minimum Gasteiger partial charge on any atom is -0.481 e. The third-order valence-corrected chi connectivity index (χ3v) is 9.74. The molecular formula is C33H43N2O6S+. The van der Waals surface area contributed by atoms with E-state index in [1.807, 2.05) is 6.07 Å². The molecule has 9 heteroatoms. The number of hydrogen-bond acceptors (Lipinski definition) is 6. The summed E-state index contributed by atoms with van der Waals surface area (Å²) in [5, 5.41) is 9.00. The molecule has 8 nitrogen and oxygen atoms in total. The normalized spacial score (nSPS) is 18.2. The van der Waals surface area contributed by atoms with Gasteiger partial charge in [-0.3, -0.25) is 8.98 Å². The quantitative estimate of drug-likeness (QED) is 0.174. The minimum absolute atomic E-state index is 0.139. The molecule has 0 unspecified atom stereocenters. The van der Waals surface area contributed by atoms with Crippen molar-refractivity contribution in [3.05, 3.63) is 77.5 Å². The highest BCUT2D eigenvalue weighted by Gasteiger charge is 2.44. The van der Waals surface area contributed by atoms with Crippen LogP contribution in [0.15, 0.2) is 71.3 Å². The fraction of sp³-hybridized carbons (Fsp3) is 0.455. The Balaban J connectivity index is 1.71. The van der Waals surface area contributed by atoms with Crippen LogP contribution >= 0.6 is 0 Å². The summed E-state index contributed by atoms with van der Waals surface area (Å²) in [4.78, 5) is 13.3. The largest absolute Gasteiger partial charge is 0.481 e. The third-order valence-electron chi connectivity index (χ3n) is 8.47. The number of unbranched alkanes of at least 4 members (excludes halogenated alkanes) is 2. The van der Waals surface area contributed by atoms with E-state index in [0.717, 1.165) is 36.3 Å². The van der Waals surface area contributed by atoms with E-state index < -0.39 is 21.5 Å². The van der Waals surface area contributed by atoms with Crippen LogP contribution < -0.4 is 4.90 Å². The second kappa shape index (κ2) is 12.5. The Kier molecular flexibility index (Phi) is 9.45. The molecule has 0 saturated carbocycles. The molecule has 1 N–H and O–H groups in total. The number of fused-ring (bicyclic) bond motifs is 2. The molecule has 0 fully saturated rings. The van der Waals surface area contributed by atoms with Gasteiger partial charge in [-0.2, -0.15) is 13.0 Å². The number of carboxylic acid groups (broad SMARTS) is 1. The van der Waals surface area contributed by atoms with Crippen LogP contribution in [-0.2, 0) is 34.7 Å². The van der Waals surface area contributed by atoms with Crippen molar-refractivity contribution < 1.29 is 31.8 Å². The number of para-hydroxylation sites is 1. The summed E-state index contributed by atoms with van der Waals surface area (Å²) in [7, 11) is -0.977. The van der Waals surface area contributed by atoms with Gasteiger partial charge in [-0.15, -0.1) is 0 Å². The van der Waals surface area contributed by atoms with Gasteiger partial charge in [0.15, 0.2) is 5.71 Å². The Morgan fingerprint density at radius 2 is 1.74 bits per heavy atom. The van der Waals surface area contributed by atoms with Crippen LogP contribution in [0.2, 0.25) is 0 Å². The molecule has 0 spiro atoms. The summed E-state index contributed by atoms with van der Waals surface area (Å²) in [6, 6.07) is 13.6. The molecule has 0 saturated heterocycles. The lowest BCUT2D eigenvalue weighted by atomic mass is 9.81. The number of carboxylic acids is 1. The standard InChI is InChI=1S/C33H42N2O6S/c1-32(2)25-13-9-10-14-27(25)34(20-11-7-8-17-31(36)37)29(32)15-12-16-30-33(3,4)26-23-24(42(38,39)41-6)18-19-28(26)35(30)21-22-40-5/h9-10,12-16,18-19,23H,7-8,11,17,20-22H2,1-6H3/p+1. The van der Waals surface area contributed by atoms with Gasteiger partial charge in [-0.05, 0) is 56.5 Å². The van der Waals surface area contributed by atoms with E-state index in [1.165, 1.54) is 24.1 Å². The molecule has 4 rings (SSSR count). The maximum atomic E-state index is 12.5. The van der Waals surface area contributed by atoms with Gasteiger partial charge in [-0.25, -0.2) is 0 Å². The fourth-order valence-corrected chi connectivity index (χ4v) is 6.85. The van der Waals surface area contributed by atoms with Gasteiger partial charge < -0.3 is 14.7 Å². The maximum absolute atomic E-state index is 12.5. The molecule has 2 aromatic rings. The van der Waals surface area contributed by atoms with Gasteiger partial charge in [0.2, 0.25) is 5.69 Å². The molecule has 2 aliphatic rings. The van der Waals surface area contributed by atoms with Gasteiger partial charge in [0, 0.05) is 61.0 Å². The number of methoxy groups -OCH3 is 1. The van der Waals surface area contributed by atoms with E-state index in [4.69, 9.17) is 14.0 Å². The van der Waals surface area contributed by atoms with E-state index in [1.54, 1.807) is 19.2 Å². The molecule has 0 aliphatic carbocycles. The monoisotopic (exact) mass is 595 g/mol. The highest BCUT2D eigenvalue weighted by Crippen LogP contribution is 2.48.